The Hall–Kier alpha value is -2.60. The van der Waals surface area contributed by atoms with Crippen molar-refractivity contribution in [1.82, 2.24) is 0 Å². The molecule has 4 aromatic rings. The summed E-state index contributed by atoms with van der Waals surface area (Å²) in [5.74, 6) is -0.0969. The van der Waals surface area contributed by atoms with Gasteiger partial charge in [0.05, 0.1) is 6.21 Å². The van der Waals surface area contributed by atoms with Gasteiger partial charge in [0.1, 0.15) is 0 Å². The van der Waals surface area contributed by atoms with Gasteiger partial charge in [-0.3, -0.25) is 4.79 Å². The number of hydrogen-bond acceptors (Lipinski definition) is 3. The molecule has 0 aliphatic rings. The maximum atomic E-state index is 10.5. The maximum Gasteiger partial charge on any atom is -0.0134 e. The van der Waals surface area contributed by atoms with Gasteiger partial charge in [0.2, 0.25) is 0 Å². The van der Waals surface area contributed by atoms with Crippen LogP contribution in [0.3, 0.4) is 0 Å². The van der Waals surface area contributed by atoms with Crippen LogP contribution in [0, 0.1) is 0 Å². The monoisotopic (exact) mass is 592 g/mol. The number of hydrogen-bond donors (Lipinski definition) is 0. The molecule has 0 aliphatic carbocycles. The zero-order chi connectivity index (χ0) is 25.3. The van der Waals surface area contributed by atoms with Crippen molar-refractivity contribution in [3.8, 4) is 0 Å². The van der Waals surface area contributed by atoms with Crippen molar-refractivity contribution in [3.05, 3.63) is 126 Å². The Kier molecular flexibility index (Phi) is 13.9. The van der Waals surface area contributed by atoms with Gasteiger partial charge in [-0.05, 0) is 29.2 Å². The summed E-state index contributed by atoms with van der Waals surface area (Å²) < 4.78 is 0. The second-order valence-electron chi connectivity index (χ2n) is 7.32. The molecule has 0 fully saturated rings. The largest absolute Gasteiger partial charge is 0.0622 e. The van der Waals surface area contributed by atoms with Crippen LogP contribution < -0.4 is 21.3 Å². The zero-order valence-electron chi connectivity index (χ0n) is 19.7. The van der Waals surface area contributed by atoms with Gasteiger partial charge >= 0.3 is 27.7 Å². The van der Waals surface area contributed by atoms with E-state index in [1.165, 1.54) is 34.6 Å². The van der Waals surface area contributed by atoms with Gasteiger partial charge in [-0.15, -0.1) is 12.1 Å². The first-order valence-electron chi connectivity index (χ1n) is 11.1. The van der Waals surface area contributed by atoms with Crippen molar-refractivity contribution in [2.24, 2.45) is 10.2 Å². The molecular formula is C29H28ClN2OPPd. The van der Waals surface area contributed by atoms with Gasteiger partial charge in [-0.1, -0.05) is 104 Å². The van der Waals surface area contributed by atoms with Gasteiger partial charge < -0.3 is 0 Å². The number of nitrogens with zero attached hydrogens (tertiary/aromatic N) is 2. The minimum absolute atomic E-state index is 0.0969. The molecular weight excluding hydrogens is 565 g/mol. The fraction of sp³-hybridized carbons (Fsp3) is 0.103. The quantitative estimate of drug-likeness (QED) is 0.0948. The number of benzene rings is 4. The van der Waals surface area contributed by atoms with Gasteiger partial charge in [-0.2, -0.15) is 27.9 Å². The summed E-state index contributed by atoms with van der Waals surface area (Å²) in [6, 6.07) is 40.1. The van der Waals surface area contributed by atoms with Crippen LogP contribution in [0.1, 0.15) is 19.4 Å². The van der Waals surface area contributed by atoms with E-state index in [-0.39, 0.29) is 5.78 Å². The summed E-state index contributed by atoms with van der Waals surface area (Å²) in [5.41, 5.74) is 1.21. The minimum atomic E-state index is -0.446. The normalized spacial score (nSPS) is 10.9. The summed E-state index contributed by atoms with van der Waals surface area (Å²) in [6.07, 6.45) is 2.18. The Bertz CT molecular complexity index is 1140. The fourth-order valence-electron chi connectivity index (χ4n) is 3.19. The molecule has 0 saturated carbocycles. The number of rotatable bonds is 6. The summed E-state index contributed by atoms with van der Waals surface area (Å²) in [5, 5.41) is 12.5. The van der Waals surface area contributed by atoms with Gasteiger partial charge in [0.25, 0.3) is 0 Å². The molecule has 4 aromatic carbocycles. The van der Waals surface area contributed by atoms with Crippen molar-refractivity contribution in [2.75, 3.05) is 0 Å². The van der Waals surface area contributed by atoms with E-state index in [9.17, 15) is 4.79 Å². The van der Waals surface area contributed by atoms with Crippen LogP contribution in [-0.2, 0) is 29.4 Å². The molecule has 0 aliphatic heterocycles. The van der Waals surface area contributed by atoms with E-state index in [0.29, 0.717) is 0 Å². The van der Waals surface area contributed by atoms with Crippen LogP contribution in [0.2, 0.25) is 0 Å². The summed E-state index contributed by atoms with van der Waals surface area (Å²) >= 11 is 2.22. The van der Waals surface area contributed by atoms with E-state index < -0.39 is 7.92 Å². The number of halogens is 1. The summed E-state index contributed by atoms with van der Waals surface area (Å²) in [6.45, 7) is 3.53. The second kappa shape index (κ2) is 16.9. The van der Waals surface area contributed by atoms with E-state index >= 15 is 0 Å². The third-order valence-corrected chi connectivity index (χ3v) is 7.22. The zero-order valence-corrected chi connectivity index (χ0v) is 22.9. The number of carbonyl (C=O) groups is 1. The molecule has 0 spiro atoms. The first-order valence-corrected chi connectivity index (χ1v) is 14.4. The average molecular weight is 593 g/mol. The Labute approximate surface area is 224 Å². The van der Waals surface area contributed by atoms with E-state index in [2.05, 4.69) is 136 Å². The first-order chi connectivity index (χ1) is 17.2. The maximum absolute atomic E-state index is 10.5. The molecule has 0 bridgehead atoms. The SMILES string of the molecule is CCc1ccc/c(=N/N=C/C(C)=O)[cH-]1.[Cl][Pd+].c1ccc(P(c2ccccc2)c2ccccc2)cc1. The smallest absolute Gasteiger partial charge is 0.0134 e. The predicted molar refractivity (Wildman–Crippen MR) is 147 cm³/mol. The van der Waals surface area contributed by atoms with Crippen molar-refractivity contribution in [1.29, 1.82) is 0 Å². The molecule has 0 heterocycles. The third-order valence-electron chi connectivity index (χ3n) is 4.77. The second-order valence-corrected chi connectivity index (χ2v) is 9.54. The number of aryl methyl sites for hydroxylation is 1. The van der Waals surface area contributed by atoms with Crippen LogP contribution in [0.5, 0.6) is 0 Å². The number of Topliss-reactive ketones (excluding diaryl/α,β-unsaturated/α-hetero) is 1. The van der Waals surface area contributed by atoms with E-state index in [0.717, 1.165) is 11.8 Å². The van der Waals surface area contributed by atoms with E-state index in [4.69, 9.17) is 0 Å². The average Bonchev–Trinajstić information content (AvgIpc) is 2.92. The summed E-state index contributed by atoms with van der Waals surface area (Å²) in [7, 11) is 4.04. The van der Waals surface area contributed by atoms with Crippen LogP contribution >= 0.6 is 17.5 Å². The van der Waals surface area contributed by atoms with Gasteiger partial charge in [0, 0.05) is 6.92 Å². The molecule has 4 rings (SSSR count). The van der Waals surface area contributed by atoms with Crippen molar-refractivity contribution in [3.63, 3.8) is 0 Å². The van der Waals surface area contributed by atoms with Crippen LogP contribution in [-0.4, -0.2) is 12.0 Å². The van der Waals surface area contributed by atoms with E-state index in [1.807, 2.05) is 24.3 Å². The predicted octanol–water partition coefficient (Wildman–Crippen LogP) is 5.58. The molecule has 0 unspecified atom stereocenters. The molecule has 0 atom stereocenters. The fourth-order valence-corrected chi connectivity index (χ4v) is 5.50. The van der Waals surface area contributed by atoms with Crippen LogP contribution in [0.4, 0.5) is 0 Å². The van der Waals surface area contributed by atoms with Crippen molar-refractivity contribution >= 4 is 45.4 Å². The molecule has 0 radical (unpaired) electrons. The van der Waals surface area contributed by atoms with Crippen molar-refractivity contribution in [2.45, 2.75) is 20.3 Å². The third kappa shape index (κ3) is 10.3. The minimum Gasteiger partial charge on any atom is -0.0622 e. The molecule has 0 aromatic heterocycles. The number of carbonyl (C=O) groups excluding carboxylic acids is 1. The standard InChI is InChI=1S/C18H15P.C11H13N2O.ClH.Pd/c1-4-10-16(11-5-1)19(17-12-6-2-7-13-17)18-14-8-3-9-15-18;1-3-10-5-4-6-11(7-10)13-12-8-9(2)14;;/h1-15H;4-8H,3H2,1-2H3;1H;/q;-1;;+2/p-1/b;12-8+,13-11-;;. The molecule has 35 heavy (non-hydrogen) atoms. The van der Waals surface area contributed by atoms with Gasteiger partial charge in [0.15, 0.2) is 5.78 Å². The Morgan fingerprint density at radius 1 is 0.800 bits per heavy atom. The molecule has 3 nitrogen and oxygen atoms in total. The Balaban J connectivity index is 0.000000241. The molecule has 0 saturated heterocycles. The molecule has 6 heteroatoms. The van der Waals surface area contributed by atoms with Crippen LogP contribution in [0.15, 0.2) is 125 Å². The molecule has 0 N–H and O–H groups in total. The molecule has 182 valence electrons. The Morgan fingerprint density at radius 3 is 1.66 bits per heavy atom. The molecule has 0 amide bonds. The summed E-state index contributed by atoms with van der Waals surface area (Å²) in [4.78, 5) is 10.5. The van der Waals surface area contributed by atoms with Gasteiger partial charge in [-0.25, -0.2) is 0 Å². The topological polar surface area (TPSA) is 41.8 Å². The first kappa shape index (κ1) is 28.6. The number of ketones is 1. The Morgan fingerprint density at radius 2 is 1.26 bits per heavy atom. The van der Waals surface area contributed by atoms with E-state index in [1.54, 1.807) is 0 Å². The van der Waals surface area contributed by atoms with Crippen molar-refractivity contribution < 1.29 is 23.0 Å². The van der Waals surface area contributed by atoms with Crippen LogP contribution in [0.25, 0.3) is 0 Å².